The molecule has 0 spiro atoms. The number of hydrogen-bond acceptors (Lipinski definition) is 4. The van der Waals surface area contributed by atoms with Crippen molar-refractivity contribution in [2.24, 2.45) is 0 Å². The Balaban J connectivity index is 2.65. The van der Waals surface area contributed by atoms with Crippen LogP contribution in [0.2, 0.25) is 0 Å². The summed E-state index contributed by atoms with van der Waals surface area (Å²) in [4.78, 5) is 10.8. The largest absolute Gasteiger partial charge is 0.480 e. The molecular formula is C10H12N2O5S2. The van der Waals surface area contributed by atoms with Crippen LogP contribution in [0, 0.1) is 0 Å². The lowest BCUT2D eigenvalue weighted by atomic mass is 10.3. The molecule has 0 saturated carbocycles. The molecule has 104 valence electrons. The van der Waals surface area contributed by atoms with Crippen LogP contribution in [0.5, 0.6) is 0 Å². The summed E-state index contributed by atoms with van der Waals surface area (Å²) >= 11 is 4.86. The van der Waals surface area contributed by atoms with Gasteiger partial charge in [-0.2, -0.15) is 8.42 Å². The molecule has 1 atom stereocenters. The minimum Gasteiger partial charge on any atom is -0.480 e. The van der Waals surface area contributed by atoms with Crippen molar-refractivity contribution in [3.05, 3.63) is 30.3 Å². The average molecular weight is 304 g/mol. The van der Waals surface area contributed by atoms with E-state index in [1.807, 2.05) is 0 Å². The molecule has 7 nitrogen and oxygen atoms in total. The number of carboxylic acid groups (broad SMARTS) is 1. The number of aliphatic carboxylic acids is 1. The highest BCUT2D eigenvalue weighted by atomic mass is 32.2. The number of hydrogen-bond donors (Lipinski definition) is 4. The fraction of sp³-hybridized carbons (Fsp3) is 0.200. The van der Waals surface area contributed by atoms with Crippen LogP contribution in [-0.4, -0.2) is 41.0 Å². The van der Waals surface area contributed by atoms with Gasteiger partial charge in [0.25, 0.3) is 10.1 Å². The van der Waals surface area contributed by atoms with E-state index in [0.29, 0.717) is 5.69 Å². The number of para-hydroxylation sites is 1. The molecule has 19 heavy (non-hydrogen) atoms. The van der Waals surface area contributed by atoms with Crippen LogP contribution in [-0.2, 0) is 14.9 Å². The first-order valence-electron chi connectivity index (χ1n) is 5.08. The number of thiocarbonyl (C=S) groups is 1. The monoisotopic (exact) mass is 304 g/mol. The fourth-order valence-corrected chi connectivity index (χ4v) is 2.14. The predicted octanol–water partition coefficient (Wildman–Crippen LogP) is 0.314. The molecule has 0 aliphatic rings. The lowest BCUT2D eigenvalue weighted by Gasteiger charge is -2.16. The predicted molar refractivity (Wildman–Crippen MR) is 73.6 cm³/mol. The van der Waals surface area contributed by atoms with Crippen molar-refractivity contribution in [1.29, 1.82) is 0 Å². The number of rotatable bonds is 5. The molecule has 0 aliphatic heterocycles. The Morgan fingerprint density at radius 3 is 2.37 bits per heavy atom. The quantitative estimate of drug-likeness (QED) is 0.454. The van der Waals surface area contributed by atoms with Crippen LogP contribution in [0.4, 0.5) is 5.69 Å². The van der Waals surface area contributed by atoms with Gasteiger partial charge >= 0.3 is 5.97 Å². The molecular weight excluding hydrogens is 292 g/mol. The maximum atomic E-state index is 10.8. The van der Waals surface area contributed by atoms with Gasteiger partial charge in [-0.1, -0.05) is 18.2 Å². The normalized spacial score (nSPS) is 12.5. The number of carbonyl (C=O) groups is 1. The number of benzene rings is 1. The number of anilines is 1. The second-order valence-electron chi connectivity index (χ2n) is 3.60. The van der Waals surface area contributed by atoms with Crippen LogP contribution >= 0.6 is 12.2 Å². The molecule has 0 unspecified atom stereocenters. The maximum absolute atomic E-state index is 10.8. The zero-order valence-electron chi connectivity index (χ0n) is 9.61. The van der Waals surface area contributed by atoms with Gasteiger partial charge in [0.15, 0.2) is 5.11 Å². The highest BCUT2D eigenvalue weighted by Crippen LogP contribution is 2.04. The summed E-state index contributed by atoms with van der Waals surface area (Å²) in [6.07, 6.45) is 0. The first-order valence-corrected chi connectivity index (χ1v) is 7.10. The van der Waals surface area contributed by atoms with Gasteiger partial charge < -0.3 is 15.7 Å². The minimum atomic E-state index is -4.42. The SMILES string of the molecule is O=C(O)[C@@H](CS(=O)(=O)O)NC(=S)Nc1ccccc1. The van der Waals surface area contributed by atoms with Crippen LogP contribution in [0.3, 0.4) is 0 Å². The topological polar surface area (TPSA) is 116 Å². The Labute approximate surface area is 115 Å². The zero-order valence-corrected chi connectivity index (χ0v) is 11.2. The van der Waals surface area contributed by atoms with Crippen LogP contribution in [0.25, 0.3) is 0 Å². The van der Waals surface area contributed by atoms with Gasteiger partial charge in [-0.05, 0) is 24.4 Å². The molecule has 0 aliphatic carbocycles. The van der Waals surface area contributed by atoms with Crippen molar-refractivity contribution in [2.75, 3.05) is 11.1 Å². The number of nitrogens with one attached hydrogen (secondary N) is 2. The third-order valence-electron chi connectivity index (χ3n) is 2.01. The first kappa shape index (κ1) is 15.3. The van der Waals surface area contributed by atoms with Crippen LogP contribution in [0.1, 0.15) is 0 Å². The molecule has 0 radical (unpaired) electrons. The van der Waals surface area contributed by atoms with Crippen molar-refractivity contribution in [2.45, 2.75) is 6.04 Å². The highest BCUT2D eigenvalue weighted by molar-refractivity contribution is 7.85. The second kappa shape index (κ2) is 6.45. The Hall–Kier alpha value is -1.71. The van der Waals surface area contributed by atoms with E-state index in [2.05, 4.69) is 10.6 Å². The van der Waals surface area contributed by atoms with Crippen molar-refractivity contribution in [3.8, 4) is 0 Å². The highest BCUT2D eigenvalue weighted by Gasteiger charge is 2.24. The van der Waals surface area contributed by atoms with E-state index in [-0.39, 0.29) is 5.11 Å². The standard InChI is InChI=1S/C10H12N2O5S2/c13-9(14)8(6-19(15,16)17)12-10(18)11-7-4-2-1-3-5-7/h1-5,8H,6H2,(H,13,14)(H2,11,12,18)(H,15,16,17)/t8-/m1/s1. The summed E-state index contributed by atoms with van der Waals surface area (Å²) in [6, 6.07) is 7.16. The van der Waals surface area contributed by atoms with Gasteiger partial charge in [0.1, 0.15) is 11.8 Å². The Morgan fingerprint density at radius 1 is 1.32 bits per heavy atom. The van der Waals surface area contributed by atoms with Gasteiger partial charge in [0, 0.05) is 5.69 Å². The molecule has 1 aromatic rings. The molecule has 0 bridgehead atoms. The smallest absolute Gasteiger partial charge is 0.327 e. The van der Waals surface area contributed by atoms with Gasteiger partial charge in [0.2, 0.25) is 0 Å². The van der Waals surface area contributed by atoms with E-state index in [1.54, 1.807) is 30.3 Å². The summed E-state index contributed by atoms with van der Waals surface area (Å²) in [6.45, 7) is 0. The van der Waals surface area contributed by atoms with E-state index >= 15 is 0 Å². The van der Waals surface area contributed by atoms with Gasteiger partial charge in [-0.3, -0.25) is 4.55 Å². The molecule has 4 N–H and O–H groups in total. The van der Waals surface area contributed by atoms with E-state index < -0.39 is 27.9 Å². The van der Waals surface area contributed by atoms with E-state index in [1.165, 1.54) is 0 Å². The molecule has 1 aromatic carbocycles. The van der Waals surface area contributed by atoms with Crippen molar-refractivity contribution >= 4 is 39.1 Å². The summed E-state index contributed by atoms with van der Waals surface area (Å²) in [5.74, 6) is -2.41. The average Bonchev–Trinajstić information content (AvgIpc) is 2.27. The van der Waals surface area contributed by atoms with Crippen molar-refractivity contribution in [1.82, 2.24) is 5.32 Å². The van der Waals surface area contributed by atoms with Crippen molar-refractivity contribution < 1.29 is 22.9 Å². The fourth-order valence-electron chi connectivity index (χ4n) is 1.23. The summed E-state index contributed by atoms with van der Waals surface area (Å²) < 4.78 is 30.0. The first-order chi connectivity index (χ1) is 8.78. The Bertz CT molecular complexity index is 559. The summed E-state index contributed by atoms with van der Waals surface area (Å²) in [5, 5.41) is 13.8. The van der Waals surface area contributed by atoms with E-state index in [9.17, 15) is 13.2 Å². The Kier molecular flexibility index (Phi) is 5.21. The zero-order chi connectivity index (χ0) is 14.5. The van der Waals surface area contributed by atoms with Crippen LogP contribution < -0.4 is 10.6 Å². The molecule has 0 heterocycles. The minimum absolute atomic E-state index is 0.0535. The third-order valence-corrected chi connectivity index (χ3v) is 2.99. The van der Waals surface area contributed by atoms with Crippen molar-refractivity contribution in [3.63, 3.8) is 0 Å². The summed E-state index contributed by atoms with van der Waals surface area (Å²) in [5.41, 5.74) is 0.621. The molecule has 0 fully saturated rings. The van der Waals surface area contributed by atoms with E-state index in [0.717, 1.165) is 0 Å². The third kappa shape index (κ3) is 6.13. The lowest BCUT2D eigenvalue weighted by molar-refractivity contribution is -0.138. The number of carboxylic acids is 1. The molecule has 0 amide bonds. The van der Waals surface area contributed by atoms with Gasteiger partial charge in [0.05, 0.1) is 0 Å². The maximum Gasteiger partial charge on any atom is 0.327 e. The van der Waals surface area contributed by atoms with Gasteiger partial charge in [-0.25, -0.2) is 4.79 Å². The second-order valence-corrected chi connectivity index (χ2v) is 5.51. The van der Waals surface area contributed by atoms with E-state index in [4.69, 9.17) is 21.9 Å². The lowest BCUT2D eigenvalue weighted by Crippen LogP contribution is -2.46. The molecule has 0 aromatic heterocycles. The van der Waals surface area contributed by atoms with Gasteiger partial charge in [-0.15, -0.1) is 0 Å². The summed E-state index contributed by atoms with van der Waals surface area (Å²) in [7, 11) is -4.42. The van der Waals surface area contributed by atoms with Crippen LogP contribution in [0.15, 0.2) is 30.3 Å². The molecule has 1 rings (SSSR count). The molecule has 0 saturated heterocycles. The molecule has 9 heteroatoms. The Morgan fingerprint density at radius 2 is 1.89 bits per heavy atom.